The summed E-state index contributed by atoms with van der Waals surface area (Å²) < 4.78 is 15.5. The number of aryl methyl sites for hydroxylation is 1. The average Bonchev–Trinajstić information content (AvgIpc) is 2.77. The van der Waals surface area contributed by atoms with E-state index in [1.54, 1.807) is 12.3 Å². The number of nitrogens with zero attached hydrogens (tertiary/aromatic N) is 2. The predicted octanol–water partition coefficient (Wildman–Crippen LogP) is 3.12. The molecule has 0 aliphatic carbocycles. The van der Waals surface area contributed by atoms with Crippen LogP contribution < -0.4 is 5.73 Å². The molecule has 0 saturated carbocycles. The highest BCUT2D eigenvalue weighted by Gasteiger charge is 2.14. The first-order valence-electron chi connectivity index (χ1n) is 6.20. The molecule has 0 bridgehead atoms. The quantitative estimate of drug-likeness (QED) is 0.902. The Labute approximate surface area is 106 Å². The molecule has 1 aromatic carbocycles. The number of hydrogen-bond donors (Lipinski definition) is 1. The van der Waals surface area contributed by atoms with E-state index in [4.69, 9.17) is 5.73 Å². The fourth-order valence-electron chi connectivity index (χ4n) is 2.09. The van der Waals surface area contributed by atoms with Crippen LogP contribution in [0.3, 0.4) is 0 Å². The van der Waals surface area contributed by atoms with E-state index in [9.17, 15) is 4.39 Å². The van der Waals surface area contributed by atoms with Gasteiger partial charge in [-0.25, -0.2) is 9.37 Å². The molecular weight excluding hydrogens is 229 g/mol. The molecule has 0 aliphatic heterocycles. The van der Waals surface area contributed by atoms with Gasteiger partial charge in [0.05, 0.1) is 0 Å². The molecule has 1 aromatic heterocycles. The van der Waals surface area contributed by atoms with Crippen LogP contribution in [0.5, 0.6) is 0 Å². The van der Waals surface area contributed by atoms with Gasteiger partial charge in [-0.1, -0.05) is 13.0 Å². The highest BCUT2D eigenvalue weighted by atomic mass is 19.1. The monoisotopic (exact) mass is 247 g/mol. The second kappa shape index (κ2) is 5.31. The van der Waals surface area contributed by atoms with Gasteiger partial charge in [-0.05, 0) is 31.0 Å². The zero-order valence-electron chi connectivity index (χ0n) is 10.7. The van der Waals surface area contributed by atoms with E-state index in [2.05, 4.69) is 11.9 Å². The molecule has 0 aliphatic rings. The number of hydrogen-bond acceptors (Lipinski definition) is 2. The molecule has 96 valence electrons. The van der Waals surface area contributed by atoms with E-state index in [1.165, 1.54) is 12.1 Å². The normalized spacial score (nSPS) is 12.7. The molecule has 0 spiro atoms. The van der Waals surface area contributed by atoms with Gasteiger partial charge in [0.1, 0.15) is 11.6 Å². The molecule has 2 rings (SSSR count). The SMILES string of the molecule is CCCn1ccnc1-c1cc(F)ccc1C(C)N. The van der Waals surface area contributed by atoms with Crippen molar-refractivity contribution in [1.29, 1.82) is 0 Å². The Hall–Kier alpha value is -1.68. The summed E-state index contributed by atoms with van der Waals surface area (Å²) in [6, 6.07) is 4.54. The minimum absolute atomic E-state index is 0.146. The Morgan fingerprint density at radius 2 is 2.22 bits per heavy atom. The summed E-state index contributed by atoms with van der Waals surface area (Å²) in [5, 5.41) is 0. The van der Waals surface area contributed by atoms with Gasteiger partial charge in [0.2, 0.25) is 0 Å². The van der Waals surface area contributed by atoms with Crippen molar-refractivity contribution in [1.82, 2.24) is 9.55 Å². The van der Waals surface area contributed by atoms with Gasteiger partial charge in [-0.15, -0.1) is 0 Å². The summed E-state index contributed by atoms with van der Waals surface area (Å²) in [6.07, 6.45) is 4.65. The van der Waals surface area contributed by atoms with Gasteiger partial charge in [0.25, 0.3) is 0 Å². The fraction of sp³-hybridized carbons (Fsp3) is 0.357. The second-order valence-electron chi connectivity index (χ2n) is 4.46. The van der Waals surface area contributed by atoms with Crippen LogP contribution in [0, 0.1) is 5.82 Å². The smallest absolute Gasteiger partial charge is 0.140 e. The number of imidazole rings is 1. The Kier molecular flexibility index (Phi) is 3.77. The van der Waals surface area contributed by atoms with Crippen LogP contribution in [0.15, 0.2) is 30.6 Å². The third kappa shape index (κ3) is 2.43. The van der Waals surface area contributed by atoms with E-state index in [1.807, 2.05) is 17.7 Å². The summed E-state index contributed by atoms with van der Waals surface area (Å²) in [4.78, 5) is 4.33. The Morgan fingerprint density at radius 1 is 1.44 bits per heavy atom. The molecule has 1 unspecified atom stereocenters. The second-order valence-corrected chi connectivity index (χ2v) is 4.46. The van der Waals surface area contributed by atoms with Crippen LogP contribution >= 0.6 is 0 Å². The van der Waals surface area contributed by atoms with Crippen molar-refractivity contribution in [2.45, 2.75) is 32.9 Å². The number of halogens is 1. The minimum atomic E-state index is -0.263. The summed E-state index contributed by atoms with van der Waals surface area (Å²) >= 11 is 0. The van der Waals surface area contributed by atoms with E-state index < -0.39 is 0 Å². The Balaban J connectivity index is 2.54. The first kappa shape index (κ1) is 12.8. The Morgan fingerprint density at radius 3 is 2.89 bits per heavy atom. The molecule has 0 amide bonds. The van der Waals surface area contributed by atoms with Crippen LogP contribution in [0.1, 0.15) is 31.9 Å². The van der Waals surface area contributed by atoms with Crippen LogP contribution in [0.25, 0.3) is 11.4 Å². The van der Waals surface area contributed by atoms with Crippen LogP contribution in [0.4, 0.5) is 4.39 Å². The third-order valence-corrected chi connectivity index (χ3v) is 2.93. The summed E-state index contributed by atoms with van der Waals surface area (Å²) in [7, 11) is 0. The molecule has 1 heterocycles. The molecular formula is C14H18FN3. The number of aromatic nitrogens is 2. The van der Waals surface area contributed by atoms with E-state index in [0.29, 0.717) is 0 Å². The lowest BCUT2D eigenvalue weighted by atomic mass is 10.0. The van der Waals surface area contributed by atoms with Gasteiger partial charge in [0, 0.05) is 30.5 Å². The highest BCUT2D eigenvalue weighted by Crippen LogP contribution is 2.27. The molecule has 4 heteroatoms. The van der Waals surface area contributed by atoms with E-state index in [-0.39, 0.29) is 11.9 Å². The van der Waals surface area contributed by atoms with Crippen LogP contribution in [-0.2, 0) is 6.54 Å². The summed E-state index contributed by atoms with van der Waals surface area (Å²) in [5.74, 6) is 0.518. The van der Waals surface area contributed by atoms with Crippen molar-refractivity contribution >= 4 is 0 Å². The van der Waals surface area contributed by atoms with E-state index in [0.717, 1.165) is 29.9 Å². The molecule has 1 atom stereocenters. The fourth-order valence-corrected chi connectivity index (χ4v) is 2.09. The third-order valence-electron chi connectivity index (χ3n) is 2.93. The van der Waals surface area contributed by atoms with Gasteiger partial charge in [0.15, 0.2) is 0 Å². The van der Waals surface area contributed by atoms with Crippen LogP contribution in [0.2, 0.25) is 0 Å². The topological polar surface area (TPSA) is 43.8 Å². The molecule has 3 nitrogen and oxygen atoms in total. The van der Waals surface area contributed by atoms with Crippen molar-refractivity contribution in [3.63, 3.8) is 0 Å². The first-order valence-corrected chi connectivity index (χ1v) is 6.20. The lowest BCUT2D eigenvalue weighted by Gasteiger charge is -2.14. The molecule has 0 radical (unpaired) electrons. The van der Waals surface area contributed by atoms with Gasteiger partial charge >= 0.3 is 0 Å². The van der Waals surface area contributed by atoms with Gasteiger partial charge in [-0.3, -0.25) is 0 Å². The van der Waals surface area contributed by atoms with Crippen molar-refractivity contribution in [3.8, 4) is 11.4 Å². The minimum Gasteiger partial charge on any atom is -0.331 e. The molecule has 2 N–H and O–H groups in total. The number of benzene rings is 1. The van der Waals surface area contributed by atoms with Crippen molar-refractivity contribution < 1.29 is 4.39 Å². The van der Waals surface area contributed by atoms with Gasteiger partial charge in [-0.2, -0.15) is 0 Å². The van der Waals surface area contributed by atoms with Crippen LogP contribution in [-0.4, -0.2) is 9.55 Å². The van der Waals surface area contributed by atoms with Crippen molar-refractivity contribution in [3.05, 3.63) is 42.0 Å². The highest BCUT2D eigenvalue weighted by molar-refractivity contribution is 5.61. The lowest BCUT2D eigenvalue weighted by molar-refractivity contribution is 0.625. The summed E-state index contributed by atoms with van der Waals surface area (Å²) in [5.41, 5.74) is 7.63. The maximum atomic E-state index is 13.4. The predicted molar refractivity (Wildman–Crippen MR) is 70.5 cm³/mol. The molecule has 0 saturated heterocycles. The molecule has 0 fully saturated rings. The Bertz CT molecular complexity index is 532. The maximum Gasteiger partial charge on any atom is 0.140 e. The summed E-state index contributed by atoms with van der Waals surface area (Å²) in [6.45, 7) is 4.86. The average molecular weight is 247 g/mol. The van der Waals surface area contributed by atoms with E-state index >= 15 is 0 Å². The zero-order valence-corrected chi connectivity index (χ0v) is 10.7. The molecule has 2 aromatic rings. The molecule has 18 heavy (non-hydrogen) atoms. The largest absolute Gasteiger partial charge is 0.331 e. The number of rotatable bonds is 4. The number of nitrogens with two attached hydrogens (primary N) is 1. The van der Waals surface area contributed by atoms with Gasteiger partial charge < -0.3 is 10.3 Å². The van der Waals surface area contributed by atoms with Crippen molar-refractivity contribution in [2.75, 3.05) is 0 Å². The standard InChI is InChI=1S/C14H18FN3/c1-3-7-18-8-6-17-14(18)13-9-11(15)4-5-12(13)10(2)16/h4-6,8-10H,3,7,16H2,1-2H3. The maximum absolute atomic E-state index is 13.4. The first-order chi connectivity index (χ1) is 8.63. The zero-order chi connectivity index (χ0) is 13.1. The lowest BCUT2D eigenvalue weighted by Crippen LogP contribution is -2.09. The van der Waals surface area contributed by atoms with Crippen molar-refractivity contribution in [2.24, 2.45) is 5.73 Å².